The largest absolute Gasteiger partial charge is 0.382 e. The van der Waals surface area contributed by atoms with Crippen LogP contribution < -0.4 is 5.32 Å². The molecular weight excluding hydrogens is 274 g/mol. The van der Waals surface area contributed by atoms with Crippen molar-refractivity contribution in [3.8, 4) is 0 Å². The van der Waals surface area contributed by atoms with Gasteiger partial charge in [-0.1, -0.05) is 18.5 Å². The summed E-state index contributed by atoms with van der Waals surface area (Å²) in [5.74, 6) is 0. The van der Waals surface area contributed by atoms with Gasteiger partial charge in [0.15, 0.2) is 0 Å². The molecule has 0 aliphatic carbocycles. The third kappa shape index (κ3) is 5.43. The van der Waals surface area contributed by atoms with Gasteiger partial charge in [-0.05, 0) is 46.1 Å². The third-order valence-corrected chi connectivity index (χ3v) is 3.92. The lowest BCUT2D eigenvalue weighted by Crippen LogP contribution is -2.32. The monoisotopic (exact) mass is 301 g/mol. The summed E-state index contributed by atoms with van der Waals surface area (Å²) in [6.07, 6.45) is 4.25. The average molecular weight is 302 g/mol. The molecule has 0 saturated carbocycles. The molecule has 5 heteroatoms. The van der Waals surface area contributed by atoms with E-state index in [1.165, 1.54) is 5.56 Å². The van der Waals surface area contributed by atoms with E-state index in [2.05, 4.69) is 17.3 Å². The van der Waals surface area contributed by atoms with Crippen LogP contribution in [0, 0.1) is 6.92 Å². The highest BCUT2D eigenvalue weighted by atomic mass is 35.5. The lowest BCUT2D eigenvalue weighted by molar-refractivity contribution is 0.140. The predicted octanol–water partition coefficient (Wildman–Crippen LogP) is 3.11. The Labute approximate surface area is 127 Å². The molecule has 0 radical (unpaired) electrons. The Balaban J connectivity index is 2.58. The Kier molecular flexibility index (Phi) is 8.19. The molecule has 0 saturated heterocycles. The second-order valence-electron chi connectivity index (χ2n) is 5.17. The SMILES string of the molecule is CCCNC(CCCOCC)Cc1c(C)nn(C)c1Cl. The van der Waals surface area contributed by atoms with Crippen LogP contribution in [0.1, 0.15) is 44.4 Å². The topological polar surface area (TPSA) is 39.1 Å². The summed E-state index contributed by atoms with van der Waals surface area (Å²) in [5.41, 5.74) is 2.20. The van der Waals surface area contributed by atoms with E-state index in [-0.39, 0.29) is 0 Å². The highest BCUT2D eigenvalue weighted by Crippen LogP contribution is 2.21. The van der Waals surface area contributed by atoms with Crippen molar-refractivity contribution in [3.63, 3.8) is 0 Å². The Bertz CT molecular complexity index is 393. The number of ether oxygens (including phenoxy) is 1. The van der Waals surface area contributed by atoms with Gasteiger partial charge in [0.05, 0.1) is 5.69 Å². The van der Waals surface area contributed by atoms with Crippen molar-refractivity contribution in [1.29, 1.82) is 0 Å². The van der Waals surface area contributed by atoms with E-state index in [1.54, 1.807) is 4.68 Å². The summed E-state index contributed by atoms with van der Waals surface area (Å²) in [5, 5.41) is 8.75. The van der Waals surface area contributed by atoms with Gasteiger partial charge < -0.3 is 10.1 Å². The van der Waals surface area contributed by atoms with Crippen LogP contribution in [0.25, 0.3) is 0 Å². The van der Waals surface area contributed by atoms with Gasteiger partial charge in [0.1, 0.15) is 5.15 Å². The van der Waals surface area contributed by atoms with Crippen molar-refractivity contribution in [1.82, 2.24) is 15.1 Å². The van der Waals surface area contributed by atoms with E-state index in [4.69, 9.17) is 16.3 Å². The van der Waals surface area contributed by atoms with E-state index < -0.39 is 0 Å². The summed E-state index contributed by atoms with van der Waals surface area (Å²) >= 11 is 6.32. The number of aromatic nitrogens is 2. The molecular formula is C15H28ClN3O. The van der Waals surface area contributed by atoms with Crippen LogP contribution in [0.5, 0.6) is 0 Å². The second-order valence-corrected chi connectivity index (χ2v) is 5.53. The Hall–Kier alpha value is -0.580. The quantitative estimate of drug-likeness (QED) is 0.675. The van der Waals surface area contributed by atoms with Crippen molar-refractivity contribution in [2.45, 2.75) is 52.5 Å². The predicted molar refractivity (Wildman–Crippen MR) is 84.5 cm³/mol. The van der Waals surface area contributed by atoms with Crippen molar-refractivity contribution in [2.24, 2.45) is 7.05 Å². The smallest absolute Gasteiger partial charge is 0.130 e. The van der Waals surface area contributed by atoms with Crippen LogP contribution in [0.15, 0.2) is 0 Å². The Morgan fingerprint density at radius 3 is 2.70 bits per heavy atom. The average Bonchev–Trinajstić information content (AvgIpc) is 2.66. The van der Waals surface area contributed by atoms with Crippen molar-refractivity contribution in [2.75, 3.05) is 19.8 Å². The number of aryl methyl sites for hydroxylation is 2. The minimum atomic E-state index is 0.441. The minimum Gasteiger partial charge on any atom is -0.382 e. The highest BCUT2D eigenvalue weighted by molar-refractivity contribution is 6.30. The van der Waals surface area contributed by atoms with E-state index in [9.17, 15) is 0 Å². The van der Waals surface area contributed by atoms with E-state index in [0.29, 0.717) is 6.04 Å². The van der Waals surface area contributed by atoms with Crippen LogP contribution in [-0.4, -0.2) is 35.6 Å². The lowest BCUT2D eigenvalue weighted by Gasteiger charge is -2.18. The molecule has 1 aromatic rings. The molecule has 0 aliphatic heterocycles. The third-order valence-electron chi connectivity index (χ3n) is 3.45. The molecule has 0 spiro atoms. The minimum absolute atomic E-state index is 0.441. The van der Waals surface area contributed by atoms with Gasteiger partial charge in [-0.15, -0.1) is 0 Å². The van der Waals surface area contributed by atoms with Gasteiger partial charge >= 0.3 is 0 Å². The van der Waals surface area contributed by atoms with Gasteiger partial charge in [-0.25, -0.2) is 0 Å². The van der Waals surface area contributed by atoms with Crippen molar-refractivity contribution in [3.05, 3.63) is 16.4 Å². The fourth-order valence-electron chi connectivity index (χ4n) is 2.35. The van der Waals surface area contributed by atoms with Gasteiger partial charge in [0.25, 0.3) is 0 Å². The number of nitrogens with zero attached hydrogens (tertiary/aromatic N) is 2. The molecule has 0 amide bonds. The fraction of sp³-hybridized carbons (Fsp3) is 0.800. The first-order valence-electron chi connectivity index (χ1n) is 7.59. The summed E-state index contributed by atoms with van der Waals surface area (Å²) in [6.45, 7) is 8.91. The molecule has 1 aromatic heterocycles. The maximum Gasteiger partial charge on any atom is 0.130 e. The first kappa shape index (κ1) is 17.5. The zero-order chi connectivity index (χ0) is 15.0. The zero-order valence-corrected chi connectivity index (χ0v) is 14.0. The maximum atomic E-state index is 6.32. The van der Waals surface area contributed by atoms with E-state index in [1.807, 2.05) is 20.9 Å². The maximum absolute atomic E-state index is 6.32. The first-order chi connectivity index (χ1) is 9.60. The van der Waals surface area contributed by atoms with Gasteiger partial charge in [0.2, 0.25) is 0 Å². The van der Waals surface area contributed by atoms with Crippen LogP contribution in [0.2, 0.25) is 5.15 Å². The standard InChI is InChI=1S/C15H28ClN3O/c1-5-9-17-13(8-7-10-20-6-2)11-14-12(3)18-19(4)15(14)16/h13,17H,5-11H2,1-4H3. The molecule has 1 atom stereocenters. The van der Waals surface area contributed by atoms with Crippen molar-refractivity contribution >= 4 is 11.6 Å². The second kappa shape index (κ2) is 9.37. The molecule has 0 aliphatic rings. The normalized spacial score (nSPS) is 12.8. The Morgan fingerprint density at radius 2 is 2.15 bits per heavy atom. The summed E-state index contributed by atoms with van der Waals surface area (Å²) in [7, 11) is 1.89. The van der Waals surface area contributed by atoms with E-state index in [0.717, 1.165) is 56.3 Å². The summed E-state index contributed by atoms with van der Waals surface area (Å²) in [4.78, 5) is 0. The van der Waals surface area contributed by atoms with Crippen LogP contribution in [-0.2, 0) is 18.2 Å². The molecule has 1 rings (SSSR count). The van der Waals surface area contributed by atoms with E-state index >= 15 is 0 Å². The molecule has 0 fully saturated rings. The highest BCUT2D eigenvalue weighted by Gasteiger charge is 2.16. The molecule has 1 N–H and O–H groups in total. The number of nitrogens with one attached hydrogen (secondary N) is 1. The molecule has 1 heterocycles. The molecule has 20 heavy (non-hydrogen) atoms. The number of hydrogen-bond donors (Lipinski definition) is 1. The molecule has 0 aromatic carbocycles. The first-order valence-corrected chi connectivity index (χ1v) is 7.97. The molecule has 116 valence electrons. The number of rotatable bonds is 10. The summed E-state index contributed by atoms with van der Waals surface area (Å²) < 4.78 is 7.17. The van der Waals surface area contributed by atoms with Gasteiger partial charge in [0, 0.05) is 31.9 Å². The lowest BCUT2D eigenvalue weighted by atomic mass is 10.0. The molecule has 4 nitrogen and oxygen atoms in total. The Morgan fingerprint density at radius 1 is 1.40 bits per heavy atom. The molecule has 0 bridgehead atoms. The van der Waals surface area contributed by atoms with Gasteiger partial charge in [-0.2, -0.15) is 5.10 Å². The fourth-order valence-corrected chi connectivity index (χ4v) is 2.60. The van der Waals surface area contributed by atoms with Crippen LogP contribution >= 0.6 is 11.6 Å². The van der Waals surface area contributed by atoms with Crippen LogP contribution in [0.4, 0.5) is 0 Å². The number of hydrogen-bond acceptors (Lipinski definition) is 3. The molecule has 1 unspecified atom stereocenters. The van der Waals surface area contributed by atoms with Crippen LogP contribution in [0.3, 0.4) is 0 Å². The summed E-state index contributed by atoms with van der Waals surface area (Å²) in [6, 6.07) is 0.441. The zero-order valence-electron chi connectivity index (χ0n) is 13.2. The van der Waals surface area contributed by atoms with Gasteiger partial charge in [-0.3, -0.25) is 4.68 Å². The number of halogens is 1. The van der Waals surface area contributed by atoms with Crippen molar-refractivity contribution < 1.29 is 4.74 Å².